The van der Waals surface area contributed by atoms with Crippen molar-refractivity contribution in [2.24, 2.45) is 0 Å². The maximum Gasteiger partial charge on any atom is -0.00541 e. The third kappa shape index (κ3) is 3.88. The molecule has 0 heterocycles. The zero-order valence-electron chi connectivity index (χ0n) is 21.5. The molecule has 0 spiro atoms. The van der Waals surface area contributed by atoms with Gasteiger partial charge in [-0.3, -0.25) is 0 Å². The summed E-state index contributed by atoms with van der Waals surface area (Å²) in [7, 11) is 0. The smallest absolute Gasteiger partial charge is 0.00541 e. The lowest BCUT2D eigenvalue weighted by atomic mass is 9.81. The van der Waals surface area contributed by atoms with Gasteiger partial charge in [0.1, 0.15) is 0 Å². The largest absolute Gasteiger partial charge is 0.0683 e. The van der Waals surface area contributed by atoms with Crippen LogP contribution >= 0.6 is 0 Å². The van der Waals surface area contributed by atoms with Crippen molar-refractivity contribution in [3.8, 4) is 22.3 Å². The van der Waals surface area contributed by atoms with Crippen LogP contribution in [0.4, 0.5) is 0 Å². The predicted molar refractivity (Wildman–Crippen MR) is 144 cm³/mol. The summed E-state index contributed by atoms with van der Waals surface area (Å²) < 4.78 is 0. The molecule has 0 saturated heterocycles. The molecule has 170 valence electrons. The predicted octanol–water partition coefficient (Wildman–Crippen LogP) is 9.06. The molecule has 0 aromatic heterocycles. The minimum absolute atomic E-state index is 0.183. The highest BCUT2D eigenvalue weighted by Crippen LogP contribution is 2.48. The van der Waals surface area contributed by atoms with Crippen molar-refractivity contribution in [1.82, 2.24) is 0 Å². The van der Waals surface area contributed by atoms with Crippen molar-refractivity contribution in [3.05, 3.63) is 87.5 Å². The number of benzene rings is 3. The third-order valence-corrected chi connectivity index (χ3v) is 7.64. The Morgan fingerprint density at radius 2 is 1.03 bits per heavy atom. The van der Waals surface area contributed by atoms with Gasteiger partial charge >= 0.3 is 0 Å². The molecule has 0 heteroatoms. The van der Waals surface area contributed by atoms with E-state index in [0.717, 1.165) is 6.42 Å². The van der Waals surface area contributed by atoms with Gasteiger partial charge in [-0.05, 0) is 99.1 Å². The van der Waals surface area contributed by atoms with Gasteiger partial charge in [-0.25, -0.2) is 0 Å². The van der Waals surface area contributed by atoms with Crippen LogP contribution in [0.2, 0.25) is 0 Å². The van der Waals surface area contributed by atoms with E-state index >= 15 is 0 Å². The Hall–Kier alpha value is -2.60. The highest BCUT2D eigenvalue weighted by atomic mass is 14.3. The molecule has 33 heavy (non-hydrogen) atoms. The SMILES string of the molecule is CC1=Cc2c(c(-c3ccc(C(C)(C)C)cc3)c3c(c2-c2ccc(C(C)(C)C)cc2)CCC3)C1. The van der Waals surface area contributed by atoms with E-state index in [2.05, 4.69) is 103 Å². The molecule has 0 amide bonds. The Bertz CT molecular complexity index is 1230. The van der Waals surface area contributed by atoms with Crippen molar-refractivity contribution < 1.29 is 0 Å². The van der Waals surface area contributed by atoms with Gasteiger partial charge in [0.15, 0.2) is 0 Å². The maximum absolute atomic E-state index is 2.47. The minimum Gasteiger partial charge on any atom is -0.0683 e. The second kappa shape index (κ2) is 7.73. The van der Waals surface area contributed by atoms with Gasteiger partial charge in [-0.15, -0.1) is 0 Å². The summed E-state index contributed by atoms with van der Waals surface area (Å²) in [4.78, 5) is 0. The fourth-order valence-electron chi connectivity index (χ4n) is 5.80. The van der Waals surface area contributed by atoms with E-state index in [-0.39, 0.29) is 10.8 Å². The molecular weight excluding hydrogens is 396 g/mol. The van der Waals surface area contributed by atoms with Crippen LogP contribution < -0.4 is 0 Å². The summed E-state index contributed by atoms with van der Waals surface area (Å²) >= 11 is 0. The highest BCUT2D eigenvalue weighted by Gasteiger charge is 2.29. The first kappa shape index (κ1) is 22.2. The van der Waals surface area contributed by atoms with Crippen LogP contribution in [-0.2, 0) is 30.1 Å². The molecule has 2 aliphatic carbocycles. The lowest BCUT2D eigenvalue weighted by Crippen LogP contribution is -2.11. The summed E-state index contributed by atoms with van der Waals surface area (Å²) in [6, 6.07) is 18.9. The standard InChI is InChI=1S/C33H38/c1-21-19-28-29(20-21)31(23-13-17-25(18-14-23)33(5,6)7)27-10-8-9-26(27)30(28)22-11-15-24(16-12-22)32(2,3)4/h11-19H,8-10,20H2,1-7H3. The van der Waals surface area contributed by atoms with E-state index in [9.17, 15) is 0 Å². The fourth-order valence-corrected chi connectivity index (χ4v) is 5.80. The number of fused-ring (bicyclic) bond motifs is 2. The van der Waals surface area contributed by atoms with E-state index in [4.69, 9.17) is 0 Å². The number of allylic oxidation sites excluding steroid dienone is 1. The zero-order chi connectivity index (χ0) is 23.5. The van der Waals surface area contributed by atoms with Crippen LogP contribution in [0.1, 0.15) is 88.3 Å². The van der Waals surface area contributed by atoms with E-state index in [1.807, 2.05) is 0 Å². The van der Waals surface area contributed by atoms with Gasteiger partial charge in [0, 0.05) is 0 Å². The van der Waals surface area contributed by atoms with E-state index in [1.54, 1.807) is 16.7 Å². The van der Waals surface area contributed by atoms with Crippen molar-refractivity contribution >= 4 is 6.08 Å². The van der Waals surface area contributed by atoms with Crippen molar-refractivity contribution in [2.75, 3.05) is 0 Å². The first-order valence-corrected chi connectivity index (χ1v) is 12.6. The van der Waals surface area contributed by atoms with Crippen LogP contribution in [0.15, 0.2) is 54.1 Å². The Balaban J connectivity index is 1.70. The lowest BCUT2D eigenvalue weighted by molar-refractivity contribution is 0.590. The van der Waals surface area contributed by atoms with Gasteiger partial charge in [-0.2, -0.15) is 0 Å². The second-order valence-corrected chi connectivity index (χ2v) is 12.3. The first-order valence-electron chi connectivity index (χ1n) is 12.6. The van der Waals surface area contributed by atoms with Crippen LogP contribution in [0, 0.1) is 0 Å². The monoisotopic (exact) mass is 434 g/mol. The summed E-state index contributed by atoms with van der Waals surface area (Å²) in [5.74, 6) is 0. The molecule has 0 saturated carbocycles. The van der Waals surface area contributed by atoms with Crippen molar-refractivity contribution in [1.29, 1.82) is 0 Å². The highest BCUT2D eigenvalue weighted by molar-refractivity contribution is 5.91. The van der Waals surface area contributed by atoms with E-state index in [1.165, 1.54) is 63.8 Å². The fraction of sp³-hybridized carbons (Fsp3) is 0.394. The van der Waals surface area contributed by atoms with Gasteiger partial charge in [-0.1, -0.05) is 102 Å². The van der Waals surface area contributed by atoms with Crippen LogP contribution in [0.5, 0.6) is 0 Å². The van der Waals surface area contributed by atoms with Crippen molar-refractivity contribution in [2.45, 2.75) is 85.0 Å². The lowest BCUT2D eigenvalue weighted by Gasteiger charge is -2.23. The number of hydrogen-bond acceptors (Lipinski definition) is 0. The molecule has 2 aliphatic rings. The second-order valence-electron chi connectivity index (χ2n) is 12.3. The third-order valence-electron chi connectivity index (χ3n) is 7.64. The quantitative estimate of drug-likeness (QED) is 0.377. The molecule has 5 rings (SSSR count). The van der Waals surface area contributed by atoms with E-state index < -0.39 is 0 Å². The van der Waals surface area contributed by atoms with Gasteiger partial charge < -0.3 is 0 Å². The Morgan fingerprint density at radius 3 is 1.52 bits per heavy atom. The summed E-state index contributed by atoms with van der Waals surface area (Å²) in [6.07, 6.45) is 7.20. The average molecular weight is 435 g/mol. The normalized spacial score (nSPS) is 15.4. The topological polar surface area (TPSA) is 0 Å². The molecule has 3 aromatic carbocycles. The Labute approximate surface area is 200 Å². The zero-order valence-corrected chi connectivity index (χ0v) is 21.5. The average Bonchev–Trinajstić information content (AvgIpc) is 3.37. The van der Waals surface area contributed by atoms with Crippen LogP contribution in [0.25, 0.3) is 28.3 Å². The molecule has 0 bridgehead atoms. The van der Waals surface area contributed by atoms with Crippen LogP contribution in [0.3, 0.4) is 0 Å². The Kier molecular flexibility index (Phi) is 5.20. The van der Waals surface area contributed by atoms with E-state index in [0.29, 0.717) is 0 Å². The molecular formula is C33H38. The van der Waals surface area contributed by atoms with Gasteiger partial charge in [0.25, 0.3) is 0 Å². The molecule has 0 radical (unpaired) electrons. The molecule has 3 aromatic rings. The first-order chi connectivity index (χ1) is 15.5. The molecule has 0 aliphatic heterocycles. The van der Waals surface area contributed by atoms with Gasteiger partial charge in [0.2, 0.25) is 0 Å². The summed E-state index contributed by atoms with van der Waals surface area (Å²) in [5, 5.41) is 0. The minimum atomic E-state index is 0.183. The molecule has 0 unspecified atom stereocenters. The molecule has 0 fully saturated rings. The Morgan fingerprint density at radius 1 is 0.576 bits per heavy atom. The maximum atomic E-state index is 2.47. The summed E-state index contributed by atoms with van der Waals surface area (Å²) in [6.45, 7) is 16.1. The van der Waals surface area contributed by atoms with Crippen molar-refractivity contribution in [3.63, 3.8) is 0 Å². The van der Waals surface area contributed by atoms with Crippen LogP contribution in [-0.4, -0.2) is 0 Å². The number of rotatable bonds is 2. The molecule has 0 atom stereocenters. The van der Waals surface area contributed by atoms with Gasteiger partial charge in [0.05, 0.1) is 0 Å². The molecule has 0 nitrogen and oxygen atoms in total. The number of hydrogen-bond donors (Lipinski definition) is 0. The molecule has 0 N–H and O–H groups in total. The summed E-state index contributed by atoms with van der Waals surface area (Å²) in [5.41, 5.74) is 16.7.